The van der Waals surface area contributed by atoms with Crippen molar-refractivity contribution in [1.29, 1.82) is 0 Å². The van der Waals surface area contributed by atoms with Crippen LogP contribution in [0.25, 0.3) is 0 Å². The van der Waals surface area contributed by atoms with E-state index in [2.05, 4.69) is 4.98 Å². The summed E-state index contributed by atoms with van der Waals surface area (Å²) >= 11 is 11.5. The Morgan fingerprint density at radius 2 is 2.12 bits per heavy atom. The molecule has 0 bridgehead atoms. The molecule has 3 nitrogen and oxygen atoms in total. The molecule has 0 aromatic carbocycles. The summed E-state index contributed by atoms with van der Waals surface area (Å²) in [6, 6.07) is 1.69. The van der Waals surface area contributed by atoms with Gasteiger partial charge in [0.15, 0.2) is 0 Å². The minimum atomic E-state index is -0.0800. The predicted molar refractivity (Wildman–Crippen MR) is 66.1 cm³/mol. The van der Waals surface area contributed by atoms with Gasteiger partial charge in [0.1, 0.15) is 5.15 Å². The topological polar surface area (TPSA) is 33.2 Å². The van der Waals surface area contributed by atoms with Gasteiger partial charge < -0.3 is 4.90 Å². The van der Waals surface area contributed by atoms with Crippen molar-refractivity contribution in [3.63, 3.8) is 0 Å². The lowest BCUT2D eigenvalue weighted by Gasteiger charge is -2.25. The second kappa shape index (κ2) is 5.51. The van der Waals surface area contributed by atoms with Gasteiger partial charge in [0, 0.05) is 18.8 Å². The lowest BCUT2D eigenvalue weighted by atomic mass is 10.2. The Bertz CT molecular complexity index is 394. The maximum absolute atomic E-state index is 12.1. The number of aromatic nitrogens is 1. The summed E-state index contributed by atoms with van der Waals surface area (Å²) in [6.07, 6.45) is 1.45. The largest absolute Gasteiger partial charge is 0.336 e. The fourth-order valence-electron chi connectivity index (χ4n) is 1.45. The normalized spacial score (nSPS) is 10.6. The monoisotopic (exact) mass is 260 g/mol. The smallest absolute Gasteiger partial charge is 0.255 e. The molecule has 0 fully saturated rings. The Balaban J connectivity index is 2.99. The number of carbonyl (C=O) groups excluding carboxylic acids is 1. The highest BCUT2D eigenvalue weighted by molar-refractivity contribution is 6.41. The van der Waals surface area contributed by atoms with Crippen LogP contribution in [-0.2, 0) is 0 Å². The number of pyridine rings is 1. The van der Waals surface area contributed by atoms with E-state index < -0.39 is 0 Å². The molecule has 0 atom stereocenters. The van der Waals surface area contributed by atoms with Crippen LogP contribution in [0.1, 0.15) is 31.1 Å². The summed E-state index contributed by atoms with van der Waals surface area (Å²) in [4.78, 5) is 17.7. The predicted octanol–water partition coefficient (Wildman–Crippen LogP) is 3.26. The number of hydrogen-bond donors (Lipinski definition) is 0. The van der Waals surface area contributed by atoms with Crippen LogP contribution in [0.4, 0.5) is 0 Å². The second-order valence-electron chi connectivity index (χ2n) is 3.68. The summed E-state index contributed by atoms with van der Waals surface area (Å²) in [5, 5.41) is 0.512. The van der Waals surface area contributed by atoms with E-state index in [1.807, 2.05) is 20.8 Å². The molecule has 0 saturated carbocycles. The van der Waals surface area contributed by atoms with Crippen LogP contribution in [0, 0.1) is 0 Å². The number of nitrogens with zero attached hydrogens (tertiary/aromatic N) is 2. The number of carbonyl (C=O) groups is 1. The zero-order valence-electron chi connectivity index (χ0n) is 9.50. The molecule has 0 radical (unpaired) electrons. The Morgan fingerprint density at radius 1 is 1.50 bits per heavy atom. The van der Waals surface area contributed by atoms with E-state index in [1.54, 1.807) is 11.0 Å². The number of halogens is 2. The van der Waals surface area contributed by atoms with Crippen molar-refractivity contribution in [1.82, 2.24) is 9.88 Å². The Morgan fingerprint density at radius 3 is 2.56 bits per heavy atom. The summed E-state index contributed by atoms with van der Waals surface area (Å²) in [5.41, 5.74) is 0.463. The molecular formula is C11H14Cl2N2O. The first-order chi connectivity index (χ1) is 7.47. The van der Waals surface area contributed by atoms with E-state index in [0.29, 0.717) is 17.1 Å². The number of hydrogen-bond acceptors (Lipinski definition) is 2. The lowest BCUT2D eigenvalue weighted by Crippen LogP contribution is -2.36. The first-order valence-electron chi connectivity index (χ1n) is 5.09. The molecule has 1 rings (SSSR count). The maximum atomic E-state index is 12.1. The molecule has 16 heavy (non-hydrogen) atoms. The van der Waals surface area contributed by atoms with Gasteiger partial charge >= 0.3 is 0 Å². The molecule has 0 saturated heterocycles. The Labute approximate surface area is 105 Å². The van der Waals surface area contributed by atoms with E-state index in [-0.39, 0.29) is 17.1 Å². The minimum Gasteiger partial charge on any atom is -0.336 e. The van der Waals surface area contributed by atoms with Gasteiger partial charge in [0.05, 0.1) is 10.6 Å². The van der Waals surface area contributed by atoms with Crippen molar-refractivity contribution in [3.05, 3.63) is 28.0 Å². The van der Waals surface area contributed by atoms with Gasteiger partial charge in [0.25, 0.3) is 5.91 Å². The molecule has 5 heteroatoms. The average molecular weight is 261 g/mol. The van der Waals surface area contributed by atoms with Crippen molar-refractivity contribution >= 4 is 29.1 Å². The molecule has 0 unspecified atom stereocenters. The lowest BCUT2D eigenvalue weighted by molar-refractivity contribution is 0.0716. The third-order valence-electron chi connectivity index (χ3n) is 2.27. The first-order valence-corrected chi connectivity index (χ1v) is 5.85. The van der Waals surface area contributed by atoms with Gasteiger partial charge in [-0.15, -0.1) is 0 Å². The highest BCUT2D eigenvalue weighted by atomic mass is 35.5. The molecule has 1 aromatic heterocycles. The van der Waals surface area contributed by atoms with Crippen molar-refractivity contribution in [2.24, 2.45) is 0 Å². The zero-order valence-corrected chi connectivity index (χ0v) is 11.0. The summed E-state index contributed by atoms with van der Waals surface area (Å²) in [5.74, 6) is -0.0800. The molecule has 1 heterocycles. The van der Waals surface area contributed by atoms with Crippen LogP contribution < -0.4 is 0 Å². The Kier molecular flexibility index (Phi) is 4.56. The van der Waals surface area contributed by atoms with E-state index in [1.165, 1.54) is 6.20 Å². The molecular weight excluding hydrogens is 247 g/mol. The van der Waals surface area contributed by atoms with Crippen LogP contribution in [0.2, 0.25) is 10.2 Å². The molecule has 1 aromatic rings. The minimum absolute atomic E-state index is 0.0800. The third kappa shape index (κ3) is 2.86. The van der Waals surface area contributed by atoms with Gasteiger partial charge in [-0.1, -0.05) is 23.2 Å². The zero-order chi connectivity index (χ0) is 12.3. The maximum Gasteiger partial charge on any atom is 0.255 e. The van der Waals surface area contributed by atoms with Crippen LogP contribution in [0.3, 0.4) is 0 Å². The van der Waals surface area contributed by atoms with Crippen LogP contribution in [-0.4, -0.2) is 28.4 Å². The van der Waals surface area contributed by atoms with E-state index in [0.717, 1.165) is 0 Å². The molecule has 0 spiro atoms. The average Bonchev–Trinajstić information content (AvgIpc) is 2.22. The van der Waals surface area contributed by atoms with Crippen LogP contribution in [0.5, 0.6) is 0 Å². The van der Waals surface area contributed by atoms with E-state index in [9.17, 15) is 4.79 Å². The van der Waals surface area contributed by atoms with Gasteiger partial charge in [-0.05, 0) is 26.8 Å². The second-order valence-corrected chi connectivity index (χ2v) is 4.45. The fourth-order valence-corrected chi connectivity index (χ4v) is 1.72. The molecule has 0 aliphatic carbocycles. The quantitative estimate of drug-likeness (QED) is 0.782. The van der Waals surface area contributed by atoms with Gasteiger partial charge in [0.2, 0.25) is 0 Å². The first kappa shape index (κ1) is 13.3. The van der Waals surface area contributed by atoms with Gasteiger partial charge in [-0.3, -0.25) is 4.79 Å². The third-order valence-corrected chi connectivity index (χ3v) is 2.95. The SMILES string of the molecule is CCN(C(=O)c1cnc(Cl)c(Cl)c1)C(C)C. The van der Waals surface area contributed by atoms with Crippen molar-refractivity contribution in [2.45, 2.75) is 26.8 Å². The van der Waals surface area contributed by atoms with Crippen LogP contribution in [0.15, 0.2) is 12.3 Å². The van der Waals surface area contributed by atoms with Crippen molar-refractivity contribution < 1.29 is 4.79 Å². The molecule has 88 valence electrons. The summed E-state index contributed by atoms with van der Waals surface area (Å²) < 4.78 is 0. The summed E-state index contributed by atoms with van der Waals surface area (Å²) in [7, 11) is 0. The highest BCUT2D eigenvalue weighted by Crippen LogP contribution is 2.20. The van der Waals surface area contributed by atoms with Gasteiger partial charge in [-0.25, -0.2) is 4.98 Å². The van der Waals surface area contributed by atoms with E-state index >= 15 is 0 Å². The standard InChI is InChI=1S/C11H14Cl2N2O/c1-4-15(7(2)3)11(16)8-5-9(12)10(13)14-6-8/h5-7H,4H2,1-3H3. The van der Waals surface area contributed by atoms with Crippen molar-refractivity contribution in [3.8, 4) is 0 Å². The van der Waals surface area contributed by atoms with Crippen molar-refractivity contribution in [2.75, 3.05) is 6.54 Å². The van der Waals surface area contributed by atoms with E-state index in [4.69, 9.17) is 23.2 Å². The van der Waals surface area contributed by atoms with Crippen LogP contribution >= 0.6 is 23.2 Å². The summed E-state index contributed by atoms with van der Waals surface area (Å²) in [6.45, 7) is 6.51. The molecule has 0 aliphatic heterocycles. The van der Waals surface area contributed by atoms with Gasteiger partial charge in [-0.2, -0.15) is 0 Å². The fraction of sp³-hybridized carbons (Fsp3) is 0.455. The molecule has 0 N–H and O–H groups in total. The highest BCUT2D eigenvalue weighted by Gasteiger charge is 2.18. The Hall–Kier alpha value is -0.800. The molecule has 0 aliphatic rings. The number of amides is 1. The number of rotatable bonds is 3. The molecule has 1 amide bonds.